The number of nitrogens with zero attached hydrogens (tertiary/aromatic N) is 4. The van der Waals surface area contributed by atoms with E-state index in [1.165, 1.54) is 18.9 Å². The van der Waals surface area contributed by atoms with Gasteiger partial charge in [0.05, 0.1) is 24.7 Å². The normalized spacial score (nSPS) is 19.4. The third-order valence-electron chi connectivity index (χ3n) is 9.15. The van der Waals surface area contributed by atoms with E-state index in [1.807, 2.05) is 18.3 Å². The molecule has 7 rings (SSSR count). The van der Waals surface area contributed by atoms with Gasteiger partial charge in [-0.1, -0.05) is 6.07 Å². The van der Waals surface area contributed by atoms with E-state index in [0.29, 0.717) is 29.6 Å². The van der Waals surface area contributed by atoms with E-state index in [-0.39, 0.29) is 40.0 Å². The molecule has 0 radical (unpaired) electrons. The zero-order valence-electron chi connectivity index (χ0n) is 25.0. The lowest BCUT2D eigenvalue weighted by Gasteiger charge is -2.39. The van der Waals surface area contributed by atoms with E-state index in [4.69, 9.17) is 0 Å². The summed E-state index contributed by atoms with van der Waals surface area (Å²) in [6.45, 7) is 1.34. The lowest BCUT2D eigenvalue weighted by molar-refractivity contribution is -0.113. The van der Waals surface area contributed by atoms with Gasteiger partial charge in [-0.2, -0.15) is 5.26 Å². The predicted octanol–water partition coefficient (Wildman–Crippen LogP) is 5.23. The Morgan fingerprint density at radius 2 is 1.82 bits per heavy atom. The van der Waals surface area contributed by atoms with E-state index in [1.54, 1.807) is 28.8 Å². The fraction of sp³-hybridized carbons (Fsp3) is 0.441. The van der Waals surface area contributed by atoms with Gasteiger partial charge in [0.15, 0.2) is 0 Å². The fourth-order valence-electron chi connectivity index (χ4n) is 6.00. The number of benzene rings is 1. The average Bonchev–Trinajstić information content (AvgIpc) is 3.86. The highest BCUT2D eigenvalue weighted by molar-refractivity contribution is 6.05. The van der Waals surface area contributed by atoms with Crippen molar-refractivity contribution in [3.05, 3.63) is 80.9 Å². The first kappa shape index (κ1) is 29.3. The van der Waals surface area contributed by atoms with Crippen LogP contribution in [-0.4, -0.2) is 51.3 Å². The monoisotopic (exact) mass is 612 g/mol. The van der Waals surface area contributed by atoms with E-state index in [0.717, 1.165) is 41.8 Å². The summed E-state index contributed by atoms with van der Waals surface area (Å²) in [4.78, 5) is 46.2. The average molecular weight is 613 g/mol. The minimum atomic E-state index is -2.93. The second-order valence-electron chi connectivity index (χ2n) is 13.0. The van der Waals surface area contributed by atoms with Gasteiger partial charge in [-0.15, -0.1) is 0 Å². The Labute approximate surface area is 259 Å². The first-order valence-electron chi connectivity index (χ1n) is 15.6. The standard InChI is InChI=1S/C34H34F2N6O3/c1-19(22-3-4-22)38-15-21-11-28(33(45)42(16-21)25-7-8-25)31(43)40-30-13-24(12-29(39-30)23-5-6-23)26-9-2-20(14-37)10-27(26)32(44)41-17-34(35,36)18-41/h2,9-13,16,19,22-23,25,38H,3-8,15,17-18H2,1H3,(H,39,40,43)/t19-/m0/s1. The Balaban J connectivity index is 1.21. The number of alkyl halides is 2. The molecule has 2 N–H and O–H groups in total. The highest BCUT2D eigenvalue weighted by atomic mass is 19.3. The molecule has 4 fully saturated rings. The predicted molar refractivity (Wildman–Crippen MR) is 163 cm³/mol. The maximum Gasteiger partial charge on any atom is 0.282 e. The van der Waals surface area contributed by atoms with Crippen molar-refractivity contribution in [1.82, 2.24) is 19.8 Å². The van der Waals surface area contributed by atoms with Crippen LogP contribution in [0.3, 0.4) is 0 Å². The molecular weight excluding hydrogens is 578 g/mol. The van der Waals surface area contributed by atoms with Crippen molar-refractivity contribution in [2.45, 2.75) is 75.9 Å². The van der Waals surface area contributed by atoms with E-state index < -0.39 is 30.8 Å². The summed E-state index contributed by atoms with van der Waals surface area (Å²) in [5.74, 6) is -3.03. The zero-order valence-corrected chi connectivity index (χ0v) is 25.0. The zero-order chi connectivity index (χ0) is 31.5. The van der Waals surface area contributed by atoms with Crippen molar-refractivity contribution in [2.24, 2.45) is 5.92 Å². The van der Waals surface area contributed by atoms with Crippen LogP contribution < -0.4 is 16.2 Å². The van der Waals surface area contributed by atoms with Crippen LogP contribution in [-0.2, 0) is 6.54 Å². The minimum Gasteiger partial charge on any atom is -0.326 e. The number of carbonyl (C=O) groups excluding carboxylic acids is 2. The highest BCUT2D eigenvalue weighted by Crippen LogP contribution is 2.42. The molecule has 232 valence electrons. The van der Waals surface area contributed by atoms with Gasteiger partial charge in [0, 0.05) is 42.0 Å². The lowest BCUT2D eigenvalue weighted by Crippen LogP contribution is -2.58. The first-order valence-corrected chi connectivity index (χ1v) is 15.6. The van der Waals surface area contributed by atoms with E-state index in [9.17, 15) is 28.4 Å². The van der Waals surface area contributed by atoms with E-state index in [2.05, 4.69) is 22.5 Å². The molecule has 9 nitrogen and oxygen atoms in total. The largest absolute Gasteiger partial charge is 0.326 e. The molecule has 0 unspecified atom stereocenters. The maximum atomic E-state index is 13.7. The summed E-state index contributed by atoms with van der Waals surface area (Å²) in [7, 11) is 0. The van der Waals surface area contributed by atoms with Crippen molar-refractivity contribution in [1.29, 1.82) is 5.26 Å². The van der Waals surface area contributed by atoms with E-state index >= 15 is 0 Å². The van der Waals surface area contributed by atoms with Gasteiger partial charge >= 0.3 is 0 Å². The number of anilines is 1. The van der Waals surface area contributed by atoms with Crippen LogP contribution in [0, 0.1) is 17.2 Å². The summed E-state index contributed by atoms with van der Waals surface area (Å²) in [6.07, 6.45) is 7.91. The van der Waals surface area contributed by atoms with Crippen LogP contribution in [0.15, 0.2) is 47.4 Å². The number of aromatic nitrogens is 2. The molecule has 0 spiro atoms. The molecule has 1 aliphatic heterocycles. The topological polar surface area (TPSA) is 120 Å². The quantitative estimate of drug-likeness (QED) is 0.324. The molecule has 3 aliphatic carbocycles. The lowest BCUT2D eigenvalue weighted by atomic mass is 9.95. The Kier molecular flexibility index (Phi) is 7.28. The number of carbonyl (C=O) groups is 2. The maximum absolute atomic E-state index is 13.7. The van der Waals surface area contributed by atoms with Gasteiger partial charge in [-0.25, -0.2) is 13.8 Å². The second-order valence-corrected chi connectivity index (χ2v) is 13.0. The highest BCUT2D eigenvalue weighted by Gasteiger charge is 2.46. The molecule has 11 heteroatoms. The van der Waals surface area contributed by atoms with Crippen LogP contribution in [0.5, 0.6) is 0 Å². The van der Waals surface area contributed by atoms with Crippen molar-refractivity contribution in [3.8, 4) is 17.2 Å². The number of nitriles is 1. The molecule has 2 aromatic heterocycles. The molecule has 45 heavy (non-hydrogen) atoms. The number of pyridine rings is 2. The number of nitrogens with one attached hydrogen (secondary N) is 2. The summed E-state index contributed by atoms with van der Waals surface area (Å²) < 4.78 is 28.9. The van der Waals surface area contributed by atoms with Crippen LogP contribution in [0.4, 0.5) is 14.6 Å². The molecule has 2 amide bonds. The molecule has 1 saturated heterocycles. The molecule has 3 aromatic rings. The summed E-state index contributed by atoms with van der Waals surface area (Å²) >= 11 is 0. The number of hydrogen-bond acceptors (Lipinski definition) is 6. The third-order valence-corrected chi connectivity index (χ3v) is 9.15. The number of rotatable bonds is 10. The number of amides is 2. The smallest absolute Gasteiger partial charge is 0.282 e. The first-order chi connectivity index (χ1) is 21.6. The molecule has 1 atom stereocenters. The number of hydrogen-bond donors (Lipinski definition) is 2. The summed E-state index contributed by atoms with van der Waals surface area (Å²) in [6, 6.07) is 12.2. The number of likely N-dealkylation sites (tertiary alicyclic amines) is 1. The number of halogens is 2. The SMILES string of the molecule is C[C@H](NCc1cc(C(=O)Nc2cc(-c3ccc(C#N)cc3C(=O)N3CC(F)(F)C3)cc(C3CC3)n2)c(=O)n(C2CC2)c1)C1CC1. The molecule has 4 aliphatic rings. The van der Waals surface area contributed by atoms with Crippen LogP contribution >= 0.6 is 0 Å². The van der Waals surface area contributed by atoms with Crippen molar-refractivity contribution < 1.29 is 18.4 Å². The molecule has 3 saturated carbocycles. The minimum absolute atomic E-state index is 0.0356. The van der Waals surface area contributed by atoms with Crippen LogP contribution in [0.1, 0.15) is 94.9 Å². The second kappa shape index (κ2) is 11.2. The van der Waals surface area contributed by atoms with Crippen LogP contribution in [0.2, 0.25) is 0 Å². The van der Waals surface area contributed by atoms with Crippen LogP contribution in [0.25, 0.3) is 11.1 Å². The van der Waals surface area contributed by atoms with Gasteiger partial charge in [-0.3, -0.25) is 14.4 Å². The Morgan fingerprint density at radius 1 is 1.07 bits per heavy atom. The van der Waals surface area contributed by atoms with Gasteiger partial charge in [0.25, 0.3) is 23.3 Å². The molecule has 1 aromatic carbocycles. The molecule has 3 heterocycles. The van der Waals surface area contributed by atoms with Gasteiger partial charge in [0.2, 0.25) is 0 Å². The van der Waals surface area contributed by atoms with Gasteiger partial charge in [-0.05, 0) is 98.4 Å². The third kappa shape index (κ3) is 6.25. The summed E-state index contributed by atoms with van der Waals surface area (Å²) in [5.41, 5.74) is 2.63. The molecular formula is C34H34F2N6O3. The Bertz CT molecular complexity index is 1790. The van der Waals surface area contributed by atoms with Gasteiger partial charge in [0.1, 0.15) is 11.4 Å². The fourth-order valence-corrected chi connectivity index (χ4v) is 6.00. The van der Waals surface area contributed by atoms with Gasteiger partial charge < -0.3 is 20.1 Å². The van der Waals surface area contributed by atoms with Crippen molar-refractivity contribution in [2.75, 3.05) is 18.4 Å². The van der Waals surface area contributed by atoms with Crippen molar-refractivity contribution in [3.63, 3.8) is 0 Å². The molecule has 0 bridgehead atoms. The Hall–Kier alpha value is -4.43. The summed E-state index contributed by atoms with van der Waals surface area (Å²) in [5, 5.41) is 15.8. The van der Waals surface area contributed by atoms with Crippen molar-refractivity contribution >= 4 is 17.6 Å². The Morgan fingerprint density at radius 3 is 2.47 bits per heavy atom.